The fourth-order valence-electron chi connectivity index (χ4n) is 4.86. The first-order chi connectivity index (χ1) is 20.5. The van der Waals surface area contributed by atoms with Gasteiger partial charge in [0.1, 0.15) is 17.7 Å². The number of nitrogens with two attached hydrogens (primary N) is 1. The third-order valence-corrected chi connectivity index (χ3v) is 6.90. The molecular formula is C34H44N4O5. The van der Waals surface area contributed by atoms with Crippen molar-refractivity contribution in [3.8, 4) is 0 Å². The minimum atomic E-state index is -1.13. The highest BCUT2D eigenvalue weighted by molar-refractivity contribution is 6.00. The van der Waals surface area contributed by atoms with Crippen LogP contribution >= 0.6 is 0 Å². The summed E-state index contributed by atoms with van der Waals surface area (Å²) in [7, 11) is 0. The van der Waals surface area contributed by atoms with Crippen molar-refractivity contribution in [2.75, 3.05) is 11.9 Å². The lowest BCUT2D eigenvalue weighted by Gasteiger charge is -2.34. The minimum absolute atomic E-state index is 0.0350. The SMILES string of the molecule is CCCCCCN(C(=O)C(CCC(N)=O)NC(=O)OC(C)(C)C)C(C(=O)Nc1ccc2ccccc2c1)c1ccccc1. The monoisotopic (exact) mass is 588 g/mol. The van der Waals surface area contributed by atoms with Crippen LogP contribution in [0.2, 0.25) is 0 Å². The Bertz CT molecular complexity index is 1390. The summed E-state index contributed by atoms with van der Waals surface area (Å²) in [4.78, 5) is 54.4. The van der Waals surface area contributed by atoms with Gasteiger partial charge in [0.15, 0.2) is 0 Å². The van der Waals surface area contributed by atoms with Gasteiger partial charge in [0.05, 0.1) is 0 Å². The first kappa shape index (κ1) is 33.1. The Hall–Kier alpha value is -4.40. The average molecular weight is 589 g/mol. The lowest BCUT2D eigenvalue weighted by Crippen LogP contribution is -2.52. The Morgan fingerprint density at radius 2 is 1.56 bits per heavy atom. The van der Waals surface area contributed by atoms with Crippen molar-refractivity contribution < 1.29 is 23.9 Å². The van der Waals surface area contributed by atoms with E-state index in [1.54, 1.807) is 32.9 Å². The van der Waals surface area contributed by atoms with E-state index >= 15 is 0 Å². The van der Waals surface area contributed by atoms with E-state index < -0.39 is 41.5 Å². The molecule has 0 aromatic heterocycles. The molecule has 2 atom stereocenters. The number of unbranched alkanes of at least 4 members (excludes halogenated alkanes) is 3. The highest BCUT2D eigenvalue weighted by atomic mass is 16.6. The second-order valence-corrected chi connectivity index (χ2v) is 11.7. The first-order valence-corrected chi connectivity index (χ1v) is 14.9. The van der Waals surface area contributed by atoms with Crippen LogP contribution in [0.25, 0.3) is 10.8 Å². The van der Waals surface area contributed by atoms with E-state index in [1.807, 2.05) is 60.7 Å². The summed E-state index contributed by atoms with van der Waals surface area (Å²) in [6.07, 6.45) is 2.53. The zero-order chi connectivity index (χ0) is 31.4. The van der Waals surface area contributed by atoms with E-state index in [9.17, 15) is 19.2 Å². The van der Waals surface area contributed by atoms with Crippen molar-refractivity contribution in [2.24, 2.45) is 5.73 Å². The number of nitrogens with zero attached hydrogens (tertiary/aromatic N) is 1. The van der Waals surface area contributed by atoms with Gasteiger partial charge in [0.2, 0.25) is 11.8 Å². The number of anilines is 1. The standard InChI is InChI=1S/C34H44N4O5/c1-5-6-7-13-22-38(32(41)28(20-21-29(35)39)37-33(42)43-34(2,3)4)30(25-15-9-8-10-16-25)31(40)36-27-19-18-24-14-11-12-17-26(24)23-27/h8-12,14-19,23,28,30H,5-7,13,20-22H2,1-4H3,(H2,35,39)(H,36,40)(H,37,42). The number of alkyl carbamates (subject to hydrolysis) is 1. The van der Waals surface area contributed by atoms with Crippen molar-refractivity contribution in [2.45, 2.75) is 83.9 Å². The van der Waals surface area contributed by atoms with Crippen LogP contribution in [-0.2, 0) is 19.1 Å². The third-order valence-electron chi connectivity index (χ3n) is 6.90. The molecule has 0 saturated carbocycles. The van der Waals surface area contributed by atoms with Crippen LogP contribution in [0.5, 0.6) is 0 Å². The van der Waals surface area contributed by atoms with Gasteiger partial charge in [-0.1, -0.05) is 86.8 Å². The Morgan fingerprint density at radius 3 is 2.21 bits per heavy atom. The fraction of sp³-hybridized carbons (Fsp3) is 0.412. The van der Waals surface area contributed by atoms with Gasteiger partial charge in [-0.3, -0.25) is 14.4 Å². The predicted octanol–water partition coefficient (Wildman–Crippen LogP) is 6.09. The van der Waals surface area contributed by atoms with Crippen LogP contribution in [0.15, 0.2) is 72.8 Å². The largest absolute Gasteiger partial charge is 0.444 e. The molecule has 3 aromatic rings. The molecule has 3 aromatic carbocycles. The van der Waals surface area contributed by atoms with Crippen molar-refractivity contribution >= 4 is 40.3 Å². The van der Waals surface area contributed by atoms with Gasteiger partial charge in [-0.15, -0.1) is 0 Å². The van der Waals surface area contributed by atoms with Crippen LogP contribution in [-0.4, -0.2) is 46.9 Å². The predicted molar refractivity (Wildman–Crippen MR) is 169 cm³/mol. The van der Waals surface area contributed by atoms with Crippen molar-refractivity contribution in [3.63, 3.8) is 0 Å². The number of nitrogens with one attached hydrogen (secondary N) is 2. The normalized spacial score (nSPS) is 12.7. The number of ether oxygens (including phenoxy) is 1. The maximum atomic E-state index is 14.3. The molecule has 0 aliphatic rings. The Balaban J connectivity index is 2.00. The molecule has 4 amide bonds. The van der Waals surface area contributed by atoms with Crippen LogP contribution in [0.1, 0.15) is 77.8 Å². The molecule has 0 bridgehead atoms. The second-order valence-electron chi connectivity index (χ2n) is 11.7. The Kier molecular flexibility index (Phi) is 12.1. The number of primary amides is 1. The lowest BCUT2D eigenvalue weighted by molar-refractivity contribution is -0.141. The molecule has 2 unspecified atom stereocenters. The molecular weight excluding hydrogens is 544 g/mol. The average Bonchev–Trinajstić information content (AvgIpc) is 2.95. The lowest BCUT2D eigenvalue weighted by atomic mass is 10.0. The molecule has 0 aliphatic carbocycles. The van der Waals surface area contributed by atoms with E-state index in [4.69, 9.17) is 10.5 Å². The van der Waals surface area contributed by atoms with E-state index in [-0.39, 0.29) is 19.4 Å². The third kappa shape index (κ3) is 10.4. The van der Waals surface area contributed by atoms with E-state index in [0.717, 1.165) is 30.0 Å². The molecule has 0 saturated heterocycles. The topological polar surface area (TPSA) is 131 Å². The number of carbonyl (C=O) groups excluding carboxylic acids is 4. The number of amides is 4. The van der Waals surface area contributed by atoms with E-state index in [1.165, 1.54) is 4.90 Å². The van der Waals surface area contributed by atoms with Crippen LogP contribution in [0.4, 0.5) is 10.5 Å². The quantitative estimate of drug-likeness (QED) is 0.196. The van der Waals surface area contributed by atoms with E-state index in [2.05, 4.69) is 17.6 Å². The molecule has 3 rings (SSSR count). The van der Waals surface area contributed by atoms with Crippen molar-refractivity contribution in [3.05, 3.63) is 78.4 Å². The van der Waals surface area contributed by atoms with Gasteiger partial charge in [0, 0.05) is 18.7 Å². The first-order valence-electron chi connectivity index (χ1n) is 14.9. The molecule has 230 valence electrons. The van der Waals surface area contributed by atoms with Crippen LogP contribution < -0.4 is 16.4 Å². The fourth-order valence-corrected chi connectivity index (χ4v) is 4.86. The molecule has 9 heteroatoms. The van der Waals surface area contributed by atoms with Gasteiger partial charge in [0.25, 0.3) is 5.91 Å². The Labute approximate surface area is 254 Å². The van der Waals surface area contributed by atoms with E-state index in [0.29, 0.717) is 17.7 Å². The summed E-state index contributed by atoms with van der Waals surface area (Å²) >= 11 is 0. The maximum Gasteiger partial charge on any atom is 0.408 e. The van der Waals surface area contributed by atoms with Gasteiger partial charge >= 0.3 is 6.09 Å². The molecule has 0 aliphatic heterocycles. The molecule has 0 radical (unpaired) electrons. The van der Waals surface area contributed by atoms with Crippen LogP contribution in [0.3, 0.4) is 0 Å². The molecule has 9 nitrogen and oxygen atoms in total. The van der Waals surface area contributed by atoms with Gasteiger partial charge < -0.3 is 26.0 Å². The second kappa shape index (κ2) is 15.7. The van der Waals surface area contributed by atoms with Gasteiger partial charge in [-0.05, 0) is 62.1 Å². The van der Waals surface area contributed by atoms with Gasteiger partial charge in [-0.25, -0.2) is 4.79 Å². The van der Waals surface area contributed by atoms with Crippen molar-refractivity contribution in [1.82, 2.24) is 10.2 Å². The number of hydrogen-bond donors (Lipinski definition) is 3. The maximum absolute atomic E-state index is 14.3. The number of fused-ring (bicyclic) bond motifs is 1. The summed E-state index contributed by atoms with van der Waals surface area (Å²) in [5.41, 5.74) is 5.84. The highest BCUT2D eigenvalue weighted by Crippen LogP contribution is 2.27. The molecule has 0 spiro atoms. The summed E-state index contributed by atoms with van der Waals surface area (Å²) in [6.45, 7) is 7.52. The summed E-state index contributed by atoms with van der Waals surface area (Å²) in [5.74, 6) is -1.49. The summed E-state index contributed by atoms with van der Waals surface area (Å²) < 4.78 is 5.41. The highest BCUT2D eigenvalue weighted by Gasteiger charge is 2.36. The summed E-state index contributed by atoms with van der Waals surface area (Å²) in [5, 5.41) is 7.66. The van der Waals surface area contributed by atoms with Crippen molar-refractivity contribution in [1.29, 1.82) is 0 Å². The van der Waals surface area contributed by atoms with Crippen LogP contribution in [0, 0.1) is 0 Å². The smallest absolute Gasteiger partial charge is 0.408 e. The number of hydrogen-bond acceptors (Lipinski definition) is 5. The molecule has 4 N–H and O–H groups in total. The number of rotatable bonds is 14. The zero-order valence-electron chi connectivity index (χ0n) is 25.6. The zero-order valence-corrected chi connectivity index (χ0v) is 25.6. The number of carbonyl (C=O) groups is 4. The minimum Gasteiger partial charge on any atom is -0.444 e. The van der Waals surface area contributed by atoms with Gasteiger partial charge in [-0.2, -0.15) is 0 Å². The Morgan fingerprint density at radius 1 is 0.884 bits per heavy atom. The summed E-state index contributed by atoms with van der Waals surface area (Å²) in [6, 6.07) is 20.4. The molecule has 0 heterocycles. The molecule has 0 fully saturated rings. The molecule has 43 heavy (non-hydrogen) atoms. The number of benzene rings is 3.